The predicted octanol–water partition coefficient (Wildman–Crippen LogP) is 2.01. The highest BCUT2D eigenvalue weighted by Gasteiger charge is 2.18. The maximum Gasteiger partial charge on any atom is 0.273 e. The van der Waals surface area contributed by atoms with E-state index in [1.807, 2.05) is 12.1 Å². The molecule has 0 bridgehead atoms. The van der Waals surface area contributed by atoms with Gasteiger partial charge in [0, 0.05) is 32.1 Å². The maximum atomic E-state index is 12.3. The van der Waals surface area contributed by atoms with Crippen LogP contribution < -0.4 is 0 Å². The third-order valence-electron chi connectivity index (χ3n) is 3.25. The molecule has 0 unspecified atom stereocenters. The standard InChI is InChI=1S/C15H15N3O4/c1-17(9-6-11-4-7-16-8-5-11)15(20)13-3-2-12(18(21)22)10-14(13)19/h2-5,7-8,10,19H,6,9H2,1H3. The van der Waals surface area contributed by atoms with Gasteiger partial charge in [0.15, 0.2) is 0 Å². The Morgan fingerprint density at radius 1 is 1.32 bits per heavy atom. The summed E-state index contributed by atoms with van der Waals surface area (Å²) in [5, 5.41) is 20.4. The van der Waals surface area contributed by atoms with Crippen molar-refractivity contribution < 1.29 is 14.8 Å². The summed E-state index contributed by atoms with van der Waals surface area (Å²) in [5.74, 6) is -0.781. The van der Waals surface area contributed by atoms with Gasteiger partial charge in [0.2, 0.25) is 0 Å². The van der Waals surface area contributed by atoms with Crippen LogP contribution in [0.15, 0.2) is 42.7 Å². The van der Waals surface area contributed by atoms with Crippen LogP contribution in [-0.4, -0.2) is 39.4 Å². The molecule has 0 atom stereocenters. The number of nitro benzene ring substituents is 1. The Labute approximate surface area is 127 Å². The summed E-state index contributed by atoms with van der Waals surface area (Å²) in [6.07, 6.45) is 4.01. The number of aromatic nitrogens is 1. The molecule has 2 rings (SSSR count). The van der Waals surface area contributed by atoms with Gasteiger partial charge in [-0.2, -0.15) is 0 Å². The minimum absolute atomic E-state index is 0.0443. The SMILES string of the molecule is CN(CCc1ccncc1)C(=O)c1ccc([N+](=O)[O-])cc1O. The Hall–Kier alpha value is -2.96. The predicted molar refractivity (Wildman–Crippen MR) is 79.7 cm³/mol. The molecule has 1 amide bonds. The van der Waals surface area contributed by atoms with E-state index in [4.69, 9.17) is 0 Å². The Bertz CT molecular complexity index is 688. The van der Waals surface area contributed by atoms with Crippen molar-refractivity contribution in [3.63, 3.8) is 0 Å². The zero-order valence-corrected chi connectivity index (χ0v) is 12.0. The number of benzene rings is 1. The highest BCUT2D eigenvalue weighted by Crippen LogP contribution is 2.24. The number of pyridine rings is 1. The smallest absolute Gasteiger partial charge is 0.273 e. The topological polar surface area (TPSA) is 96.6 Å². The van der Waals surface area contributed by atoms with Gasteiger partial charge in [0.25, 0.3) is 11.6 Å². The lowest BCUT2D eigenvalue weighted by Gasteiger charge is -2.17. The van der Waals surface area contributed by atoms with Gasteiger partial charge in [0.05, 0.1) is 16.6 Å². The van der Waals surface area contributed by atoms with Crippen LogP contribution in [0.4, 0.5) is 5.69 Å². The first-order chi connectivity index (χ1) is 10.5. The first-order valence-electron chi connectivity index (χ1n) is 6.61. The number of rotatable bonds is 5. The number of phenolic OH excluding ortho intramolecular Hbond substituents is 1. The molecule has 0 saturated heterocycles. The van der Waals surface area contributed by atoms with Crippen molar-refractivity contribution in [2.75, 3.05) is 13.6 Å². The van der Waals surface area contributed by atoms with Crippen molar-refractivity contribution in [2.45, 2.75) is 6.42 Å². The Morgan fingerprint density at radius 3 is 2.59 bits per heavy atom. The molecule has 1 heterocycles. The van der Waals surface area contributed by atoms with E-state index < -0.39 is 10.7 Å². The van der Waals surface area contributed by atoms with E-state index >= 15 is 0 Å². The molecule has 0 aliphatic rings. The zero-order chi connectivity index (χ0) is 16.1. The van der Waals surface area contributed by atoms with Gasteiger partial charge < -0.3 is 10.0 Å². The van der Waals surface area contributed by atoms with Crippen molar-refractivity contribution in [1.82, 2.24) is 9.88 Å². The molecular formula is C15H15N3O4. The molecule has 2 aromatic rings. The monoisotopic (exact) mass is 301 g/mol. The lowest BCUT2D eigenvalue weighted by Crippen LogP contribution is -2.28. The number of nitro groups is 1. The van der Waals surface area contributed by atoms with Crippen LogP contribution in [0.3, 0.4) is 0 Å². The summed E-state index contributed by atoms with van der Waals surface area (Å²) in [7, 11) is 1.62. The highest BCUT2D eigenvalue weighted by molar-refractivity contribution is 5.97. The van der Waals surface area contributed by atoms with Gasteiger partial charge in [-0.25, -0.2) is 0 Å². The normalized spacial score (nSPS) is 10.2. The largest absolute Gasteiger partial charge is 0.507 e. The van der Waals surface area contributed by atoms with Crippen molar-refractivity contribution in [3.8, 4) is 5.75 Å². The second kappa shape index (κ2) is 6.66. The quantitative estimate of drug-likeness (QED) is 0.673. The van der Waals surface area contributed by atoms with E-state index in [0.717, 1.165) is 11.6 Å². The molecule has 1 aromatic heterocycles. The van der Waals surface area contributed by atoms with Gasteiger partial charge >= 0.3 is 0 Å². The molecule has 0 radical (unpaired) electrons. The maximum absolute atomic E-state index is 12.3. The van der Waals surface area contributed by atoms with Gasteiger partial charge in [-0.15, -0.1) is 0 Å². The van der Waals surface area contributed by atoms with Crippen LogP contribution in [0.5, 0.6) is 5.75 Å². The molecule has 0 aliphatic carbocycles. The molecule has 0 fully saturated rings. The summed E-state index contributed by atoms with van der Waals surface area (Å²) >= 11 is 0. The first kappa shape index (κ1) is 15.4. The van der Waals surface area contributed by atoms with E-state index in [-0.39, 0.29) is 17.2 Å². The van der Waals surface area contributed by atoms with Crippen LogP contribution in [0.25, 0.3) is 0 Å². The Balaban J connectivity index is 2.06. The molecule has 0 saturated carbocycles. The molecular weight excluding hydrogens is 286 g/mol. The minimum Gasteiger partial charge on any atom is -0.507 e. The minimum atomic E-state index is -0.624. The van der Waals surface area contributed by atoms with Crippen LogP contribution in [0, 0.1) is 10.1 Å². The van der Waals surface area contributed by atoms with Gasteiger partial charge in [0.1, 0.15) is 5.75 Å². The molecule has 114 valence electrons. The average molecular weight is 301 g/mol. The second-order valence-corrected chi connectivity index (χ2v) is 4.79. The molecule has 0 spiro atoms. The lowest BCUT2D eigenvalue weighted by molar-refractivity contribution is -0.384. The van der Waals surface area contributed by atoms with E-state index in [1.165, 1.54) is 17.0 Å². The third kappa shape index (κ3) is 3.57. The fourth-order valence-corrected chi connectivity index (χ4v) is 1.97. The summed E-state index contributed by atoms with van der Waals surface area (Å²) < 4.78 is 0. The second-order valence-electron chi connectivity index (χ2n) is 4.79. The summed E-state index contributed by atoms with van der Waals surface area (Å²) in [6, 6.07) is 7.16. The van der Waals surface area contributed by atoms with E-state index in [1.54, 1.807) is 19.4 Å². The van der Waals surface area contributed by atoms with E-state index in [0.29, 0.717) is 13.0 Å². The number of amides is 1. The molecule has 7 heteroatoms. The summed E-state index contributed by atoms with van der Waals surface area (Å²) in [5.41, 5.74) is 0.832. The Morgan fingerprint density at radius 2 is 2.00 bits per heavy atom. The van der Waals surface area contributed by atoms with Crippen molar-refractivity contribution in [2.24, 2.45) is 0 Å². The fourth-order valence-electron chi connectivity index (χ4n) is 1.97. The number of nitrogens with zero attached hydrogens (tertiary/aromatic N) is 3. The van der Waals surface area contributed by atoms with Gasteiger partial charge in [-0.3, -0.25) is 19.9 Å². The van der Waals surface area contributed by atoms with Gasteiger partial charge in [-0.05, 0) is 30.2 Å². The van der Waals surface area contributed by atoms with Crippen LogP contribution in [0.1, 0.15) is 15.9 Å². The van der Waals surface area contributed by atoms with Crippen LogP contribution >= 0.6 is 0 Å². The number of aromatic hydroxyl groups is 1. The number of phenols is 1. The van der Waals surface area contributed by atoms with Gasteiger partial charge in [-0.1, -0.05) is 0 Å². The third-order valence-corrected chi connectivity index (χ3v) is 3.25. The average Bonchev–Trinajstić information content (AvgIpc) is 2.52. The van der Waals surface area contributed by atoms with E-state index in [9.17, 15) is 20.0 Å². The first-order valence-corrected chi connectivity index (χ1v) is 6.61. The number of hydrogen-bond donors (Lipinski definition) is 1. The van der Waals surface area contributed by atoms with Crippen molar-refractivity contribution >= 4 is 11.6 Å². The lowest BCUT2D eigenvalue weighted by atomic mass is 10.1. The molecule has 1 N–H and O–H groups in total. The summed E-state index contributed by atoms with van der Waals surface area (Å²) in [6.45, 7) is 0.458. The van der Waals surface area contributed by atoms with Crippen molar-refractivity contribution in [3.05, 3.63) is 64.0 Å². The Kier molecular flexibility index (Phi) is 4.67. The van der Waals surface area contributed by atoms with E-state index in [2.05, 4.69) is 4.98 Å². The molecule has 7 nitrogen and oxygen atoms in total. The fraction of sp³-hybridized carbons (Fsp3) is 0.200. The molecule has 1 aromatic carbocycles. The van der Waals surface area contributed by atoms with Crippen LogP contribution in [-0.2, 0) is 6.42 Å². The number of hydrogen-bond acceptors (Lipinski definition) is 5. The highest BCUT2D eigenvalue weighted by atomic mass is 16.6. The van der Waals surface area contributed by atoms with Crippen molar-refractivity contribution in [1.29, 1.82) is 0 Å². The molecule has 0 aliphatic heterocycles. The van der Waals surface area contributed by atoms with Crippen LogP contribution in [0.2, 0.25) is 0 Å². The number of likely N-dealkylation sites (N-methyl/N-ethyl adjacent to an activating group) is 1. The number of carbonyl (C=O) groups excluding carboxylic acids is 1. The number of non-ortho nitro benzene ring substituents is 1. The zero-order valence-electron chi connectivity index (χ0n) is 12.0. The summed E-state index contributed by atoms with van der Waals surface area (Å²) in [4.78, 5) is 27.6. The number of carbonyl (C=O) groups is 1. The molecule has 22 heavy (non-hydrogen) atoms.